The van der Waals surface area contributed by atoms with E-state index in [-0.39, 0.29) is 11.7 Å². The van der Waals surface area contributed by atoms with E-state index in [9.17, 15) is 4.79 Å². The lowest BCUT2D eigenvalue weighted by atomic mass is 10.2. The van der Waals surface area contributed by atoms with Crippen LogP contribution in [0, 0.1) is 13.8 Å². The second-order valence-corrected chi connectivity index (χ2v) is 7.58. The number of amides is 1. The summed E-state index contributed by atoms with van der Waals surface area (Å²) in [5, 5.41) is 12.2. The number of ether oxygens (including phenoxy) is 2. The second-order valence-electron chi connectivity index (χ2n) is 6.23. The molecular formula is C20H21ClN4O3S. The SMILES string of the molecule is COc1cc(OC)c(NC(=O)CSc2nnc(C)n2-c2cccc(C)c2)cc1Cl. The largest absolute Gasteiger partial charge is 0.495 e. The smallest absolute Gasteiger partial charge is 0.234 e. The highest BCUT2D eigenvalue weighted by Gasteiger charge is 2.16. The number of carbonyl (C=O) groups is 1. The minimum absolute atomic E-state index is 0.150. The van der Waals surface area contributed by atoms with E-state index in [2.05, 4.69) is 15.5 Å². The molecule has 1 heterocycles. The van der Waals surface area contributed by atoms with Crippen LogP contribution in [0.4, 0.5) is 5.69 Å². The Morgan fingerprint density at radius 3 is 2.59 bits per heavy atom. The number of thioether (sulfide) groups is 1. The summed E-state index contributed by atoms with van der Waals surface area (Å²) in [5.74, 6) is 1.62. The number of anilines is 1. The quantitative estimate of drug-likeness (QED) is 0.561. The maximum atomic E-state index is 12.5. The van der Waals surface area contributed by atoms with Crippen molar-refractivity contribution in [3.8, 4) is 17.2 Å². The second kappa shape index (κ2) is 9.19. The Labute approximate surface area is 178 Å². The maximum absolute atomic E-state index is 12.5. The molecule has 0 bridgehead atoms. The summed E-state index contributed by atoms with van der Waals surface area (Å²) >= 11 is 7.46. The molecule has 1 N–H and O–H groups in total. The zero-order valence-corrected chi connectivity index (χ0v) is 18.1. The van der Waals surface area contributed by atoms with E-state index in [1.807, 2.05) is 42.7 Å². The molecule has 0 fully saturated rings. The number of carbonyl (C=O) groups excluding carboxylic acids is 1. The monoisotopic (exact) mass is 432 g/mol. The van der Waals surface area contributed by atoms with Gasteiger partial charge < -0.3 is 14.8 Å². The molecule has 0 spiro atoms. The van der Waals surface area contributed by atoms with E-state index in [1.165, 1.54) is 26.0 Å². The van der Waals surface area contributed by atoms with Gasteiger partial charge in [0.2, 0.25) is 5.91 Å². The highest BCUT2D eigenvalue weighted by Crippen LogP contribution is 2.36. The van der Waals surface area contributed by atoms with Crippen molar-refractivity contribution in [2.45, 2.75) is 19.0 Å². The molecule has 9 heteroatoms. The first-order valence-corrected chi connectivity index (χ1v) is 10.1. The average molecular weight is 433 g/mol. The van der Waals surface area contributed by atoms with Gasteiger partial charge >= 0.3 is 0 Å². The molecule has 0 saturated heterocycles. The van der Waals surface area contributed by atoms with Gasteiger partial charge in [-0.15, -0.1) is 10.2 Å². The van der Waals surface area contributed by atoms with Crippen molar-refractivity contribution in [2.75, 3.05) is 25.3 Å². The number of hydrogen-bond donors (Lipinski definition) is 1. The van der Waals surface area contributed by atoms with Crippen molar-refractivity contribution in [2.24, 2.45) is 0 Å². The molecule has 1 aromatic heterocycles. The van der Waals surface area contributed by atoms with Crippen LogP contribution in [0.3, 0.4) is 0 Å². The molecule has 0 saturated carbocycles. The van der Waals surface area contributed by atoms with Crippen molar-refractivity contribution >= 4 is 35.0 Å². The molecule has 0 atom stereocenters. The van der Waals surface area contributed by atoms with Gasteiger partial charge in [0, 0.05) is 11.8 Å². The van der Waals surface area contributed by atoms with Gasteiger partial charge in [-0.1, -0.05) is 35.5 Å². The number of aryl methyl sites for hydroxylation is 2. The lowest BCUT2D eigenvalue weighted by molar-refractivity contribution is -0.113. The van der Waals surface area contributed by atoms with E-state index in [4.69, 9.17) is 21.1 Å². The zero-order chi connectivity index (χ0) is 21.0. The summed E-state index contributed by atoms with van der Waals surface area (Å²) in [6.07, 6.45) is 0. The van der Waals surface area contributed by atoms with Crippen LogP contribution in [0.25, 0.3) is 5.69 Å². The summed E-state index contributed by atoms with van der Waals surface area (Å²) in [5.41, 5.74) is 2.56. The standard InChI is InChI=1S/C20H21ClN4O3S/c1-12-6-5-7-14(8-12)25-13(2)23-24-20(25)29-11-19(26)22-16-9-15(21)17(27-3)10-18(16)28-4/h5-10H,11H2,1-4H3,(H,22,26). The topological polar surface area (TPSA) is 78.3 Å². The Morgan fingerprint density at radius 1 is 1.14 bits per heavy atom. The average Bonchev–Trinajstić information content (AvgIpc) is 3.07. The highest BCUT2D eigenvalue weighted by molar-refractivity contribution is 7.99. The van der Waals surface area contributed by atoms with Gasteiger partial charge in [-0.25, -0.2) is 0 Å². The van der Waals surface area contributed by atoms with Crippen molar-refractivity contribution in [1.82, 2.24) is 14.8 Å². The van der Waals surface area contributed by atoms with Gasteiger partial charge in [0.05, 0.1) is 30.7 Å². The molecule has 0 aliphatic heterocycles. The van der Waals surface area contributed by atoms with Gasteiger partial charge in [0.1, 0.15) is 17.3 Å². The summed E-state index contributed by atoms with van der Waals surface area (Å²) in [6.45, 7) is 3.90. The molecule has 3 aromatic rings. The third kappa shape index (κ3) is 4.83. The third-order valence-electron chi connectivity index (χ3n) is 4.14. The molecular weight excluding hydrogens is 412 g/mol. The molecule has 0 aliphatic rings. The van der Waals surface area contributed by atoms with Crippen molar-refractivity contribution in [3.05, 3.63) is 52.8 Å². The fourth-order valence-electron chi connectivity index (χ4n) is 2.77. The first-order valence-electron chi connectivity index (χ1n) is 8.76. The normalized spacial score (nSPS) is 10.7. The van der Waals surface area contributed by atoms with Gasteiger partial charge in [-0.05, 0) is 37.6 Å². The molecule has 2 aromatic carbocycles. The van der Waals surface area contributed by atoms with Crippen LogP contribution in [0.5, 0.6) is 11.5 Å². The van der Waals surface area contributed by atoms with Gasteiger partial charge in [-0.3, -0.25) is 9.36 Å². The van der Waals surface area contributed by atoms with Crippen LogP contribution in [-0.2, 0) is 4.79 Å². The van der Waals surface area contributed by atoms with Gasteiger partial charge in [0.25, 0.3) is 0 Å². The predicted octanol–water partition coefficient (Wildman–Crippen LogP) is 4.29. The number of rotatable bonds is 7. The van der Waals surface area contributed by atoms with Crippen LogP contribution in [0.2, 0.25) is 5.02 Å². The number of hydrogen-bond acceptors (Lipinski definition) is 6. The van der Waals surface area contributed by atoms with E-state index >= 15 is 0 Å². The van der Waals surface area contributed by atoms with Crippen LogP contribution >= 0.6 is 23.4 Å². The van der Waals surface area contributed by atoms with Crippen molar-refractivity contribution in [3.63, 3.8) is 0 Å². The number of methoxy groups -OCH3 is 2. The lowest BCUT2D eigenvalue weighted by Gasteiger charge is -2.13. The van der Waals surface area contributed by atoms with Gasteiger partial charge in [0.15, 0.2) is 5.16 Å². The molecule has 3 rings (SSSR count). The summed E-state index contributed by atoms with van der Waals surface area (Å²) < 4.78 is 12.4. The van der Waals surface area contributed by atoms with Crippen LogP contribution in [0.1, 0.15) is 11.4 Å². The first kappa shape index (κ1) is 21.0. The minimum atomic E-state index is -0.217. The number of benzene rings is 2. The summed E-state index contributed by atoms with van der Waals surface area (Å²) in [7, 11) is 3.03. The van der Waals surface area contributed by atoms with Gasteiger partial charge in [-0.2, -0.15) is 0 Å². The van der Waals surface area contributed by atoms with Crippen LogP contribution < -0.4 is 14.8 Å². The molecule has 0 radical (unpaired) electrons. The Kier molecular flexibility index (Phi) is 6.66. The Bertz CT molecular complexity index is 1040. The van der Waals surface area contributed by atoms with E-state index < -0.39 is 0 Å². The Balaban J connectivity index is 1.74. The summed E-state index contributed by atoms with van der Waals surface area (Å²) in [6, 6.07) is 11.3. The molecule has 1 amide bonds. The van der Waals surface area contributed by atoms with E-state index in [0.717, 1.165) is 17.1 Å². The number of nitrogens with zero attached hydrogens (tertiary/aromatic N) is 3. The number of halogens is 1. The fraction of sp³-hybridized carbons (Fsp3) is 0.250. The minimum Gasteiger partial charge on any atom is -0.495 e. The van der Waals surface area contributed by atoms with E-state index in [0.29, 0.717) is 27.4 Å². The number of nitrogens with one attached hydrogen (secondary N) is 1. The molecule has 0 unspecified atom stereocenters. The number of aromatic nitrogens is 3. The molecule has 0 aliphatic carbocycles. The molecule has 29 heavy (non-hydrogen) atoms. The Morgan fingerprint density at radius 2 is 1.90 bits per heavy atom. The van der Waals surface area contributed by atoms with E-state index in [1.54, 1.807) is 12.1 Å². The predicted molar refractivity (Wildman–Crippen MR) is 115 cm³/mol. The fourth-order valence-corrected chi connectivity index (χ4v) is 3.81. The zero-order valence-electron chi connectivity index (χ0n) is 16.5. The summed E-state index contributed by atoms with van der Waals surface area (Å²) in [4.78, 5) is 12.5. The highest BCUT2D eigenvalue weighted by atomic mass is 35.5. The van der Waals surface area contributed by atoms with Crippen LogP contribution in [-0.4, -0.2) is 40.6 Å². The lowest BCUT2D eigenvalue weighted by Crippen LogP contribution is -2.15. The van der Waals surface area contributed by atoms with Crippen LogP contribution in [0.15, 0.2) is 41.6 Å². The molecule has 7 nitrogen and oxygen atoms in total. The maximum Gasteiger partial charge on any atom is 0.234 e. The van der Waals surface area contributed by atoms with Crippen molar-refractivity contribution < 1.29 is 14.3 Å². The molecule has 152 valence electrons. The van der Waals surface area contributed by atoms with Crippen molar-refractivity contribution in [1.29, 1.82) is 0 Å². The first-order chi connectivity index (χ1) is 13.9. The third-order valence-corrected chi connectivity index (χ3v) is 5.36. The Hall–Kier alpha value is -2.71.